The van der Waals surface area contributed by atoms with Gasteiger partial charge >= 0.3 is 5.97 Å². The van der Waals surface area contributed by atoms with Crippen LogP contribution < -0.4 is 5.73 Å². The lowest BCUT2D eigenvalue weighted by Crippen LogP contribution is -2.34. The zero-order valence-electron chi connectivity index (χ0n) is 8.10. The Kier molecular flexibility index (Phi) is 2.02. The first-order valence-corrected chi connectivity index (χ1v) is 4.67. The first-order chi connectivity index (χ1) is 7.08. The Balaban J connectivity index is 2.21. The van der Waals surface area contributed by atoms with E-state index in [0.717, 1.165) is 11.1 Å². The molecule has 1 fully saturated rings. The van der Waals surface area contributed by atoms with E-state index < -0.39 is 11.5 Å². The molecule has 0 spiro atoms. The lowest BCUT2D eigenvalue weighted by molar-refractivity contribution is -0.139. The summed E-state index contributed by atoms with van der Waals surface area (Å²) in [6.07, 6.45) is 5.72. The lowest BCUT2D eigenvalue weighted by Gasteiger charge is -2.05. The largest absolute Gasteiger partial charge is 0.480 e. The summed E-state index contributed by atoms with van der Waals surface area (Å²) in [5, 5.41) is 8.89. The topological polar surface area (TPSA) is 63.3 Å². The molecule has 3 N–H and O–H groups in total. The van der Waals surface area contributed by atoms with Gasteiger partial charge in [0.05, 0.1) is 0 Å². The molecule has 1 aliphatic rings. The van der Waals surface area contributed by atoms with Crippen LogP contribution in [0.25, 0.3) is 0 Å². The molecule has 76 valence electrons. The summed E-state index contributed by atoms with van der Waals surface area (Å²) >= 11 is 0. The Bertz CT molecular complexity index is 444. The summed E-state index contributed by atoms with van der Waals surface area (Å²) in [5.74, 6) is 1.49. The number of hydrogen-bond acceptors (Lipinski definition) is 2. The molecular formula is C12H11NO2. The van der Waals surface area contributed by atoms with Crippen LogP contribution in [0.4, 0.5) is 0 Å². The Morgan fingerprint density at radius 2 is 2.13 bits per heavy atom. The third kappa shape index (κ3) is 1.49. The second kappa shape index (κ2) is 3.11. The average molecular weight is 201 g/mol. The summed E-state index contributed by atoms with van der Waals surface area (Å²) in [6, 6.07) is 7.29. The number of nitrogens with two attached hydrogens (primary N) is 1. The summed E-state index contributed by atoms with van der Waals surface area (Å²) in [4.78, 5) is 10.8. The van der Waals surface area contributed by atoms with Crippen molar-refractivity contribution in [1.29, 1.82) is 0 Å². The Hall–Kier alpha value is -1.79. The Morgan fingerprint density at radius 1 is 1.53 bits per heavy atom. The molecule has 0 radical (unpaired) electrons. The van der Waals surface area contributed by atoms with Crippen LogP contribution >= 0.6 is 0 Å². The van der Waals surface area contributed by atoms with E-state index in [2.05, 4.69) is 5.92 Å². The average Bonchev–Trinajstić information content (AvgIpc) is 2.93. The van der Waals surface area contributed by atoms with Gasteiger partial charge in [0.25, 0.3) is 0 Å². The molecule has 1 aromatic rings. The standard InChI is InChI=1S/C12H11NO2/c1-2-8-3-5-9(6-4-8)10-7-12(10,13)11(14)15/h1,3-6,10H,7,13H2,(H,14,15)/t10-,12-/m1/s1. The Morgan fingerprint density at radius 3 is 2.53 bits per heavy atom. The molecule has 2 rings (SSSR count). The third-order valence-electron chi connectivity index (χ3n) is 2.88. The van der Waals surface area contributed by atoms with Crippen molar-refractivity contribution in [2.45, 2.75) is 17.9 Å². The Labute approximate surface area is 87.9 Å². The molecule has 0 heterocycles. The number of rotatable bonds is 2. The number of aliphatic carboxylic acids is 1. The van der Waals surface area contributed by atoms with Crippen molar-refractivity contribution in [3.05, 3.63) is 35.4 Å². The van der Waals surface area contributed by atoms with E-state index in [4.69, 9.17) is 17.3 Å². The van der Waals surface area contributed by atoms with E-state index >= 15 is 0 Å². The number of terminal acetylenes is 1. The lowest BCUT2D eigenvalue weighted by atomic mass is 10.0. The van der Waals surface area contributed by atoms with Crippen molar-refractivity contribution in [3.8, 4) is 12.3 Å². The van der Waals surface area contributed by atoms with Gasteiger partial charge in [-0.05, 0) is 24.1 Å². The van der Waals surface area contributed by atoms with Gasteiger partial charge in [0.1, 0.15) is 5.54 Å². The number of carboxylic acid groups (broad SMARTS) is 1. The van der Waals surface area contributed by atoms with Gasteiger partial charge in [0.2, 0.25) is 0 Å². The van der Waals surface area contributed by atoms with Gasteiger partial charge in [0, 0.05) is 11.5 Å². The summed E-state index contributed by atoms with van der Waals surface area (Å²) < 4.78 is 0. The van der Waals surface area contributed by atoms with E-state index in [9.17, 15) is 4.79 Å². The number of hydrogen-bond donors (Lipinski definition) is 2. The zero-order chi connectivity index (χ0) is 11.1. The monoisotopic (exact) mass is 201 g/mol. The highest BCUT2D eigenvalue weighted by Crippen LogP contribution is 2.49. The predicted molar refractivity (Wildman–Crippen MR) is 56.3 cm³/mol. The van der Waals surface area contributed by atoms with Crippen LogP contribution in [-0.2, 0) is 4.79 Å². The van der Waals surface area contributed by atoms with Crippen LogP contribution in [0, 0.1) is 12.3 Å². The molecule has 1 saturated carbocycles. The van der Waals surface area contributed by atoms with E-state index in [1.54, 1.807) is 12.1 Å². The van der Waals surface area contributed by atoms with Crippen molar-refractivity contribution in [2.75, 3.05) is 0 Å². The van der Waals surface area contributed by atoms with Gasteiger partial charge in [-0.25, -0.2) is 0 Å². The van der Waals surface area contributed by atoms with E-state index in [1.807, 2.05) is 12.1 Å². The fraction of sp³-hybridized carbons (Fsp3) is 0.250. The highest BCUT2D eigenvalue weighted by molar-refractivity contribution is 5.84. The fourth-order valence-electron chi connectivity index (χ4n) is 1.74. The molecule has 0 amide bonds. The van der Waals surface area contributed by atoms with Crippen molar-refractivity contribution < 1.29 is 9.90 Å². The zero-order valence-corrected chi connectivity index (χ0v) is 8.10. The molecule has 1 aromatic carbocycles. The maximum absolute atomic E-state index is 10.8. The summed E-state index contributed by atoms with van der Waals surface area (Å²) in [6.45, 7) is 0. The van der Waals surface area contributed by atoms with Crippen LogP contribution in [0.1, 0.15) is 23.5 Å². The van der Waals surface area contributed by atoms with Crippen molar-refractivity contribution in [2.24, 2.45) is 5.73 Å². The van der Waals surface area contributed by atoms with Crippen LogP contribution in [0.15, 0.2) is 24.3 Å². The molecular weight excluding hydrogens is 190 g/mol. The first-order valence-electron chi connectivity index (χ1n) is 4.67. The molecule has 0 aromatic heterocycles. The second-order valence-electron chi connectivity index (χ2n) is 3.87. The smallest absolute Gasteiger partial charge is 0.324 e. The van der Waals surface area contributed by atoms with Gasteiger partial charge < -0.3 is 10.8 Å². The third-order valence-corrected chi connectivity index (χ3v) is 2.88. The normalized spacial score (nSPS) is 28.1. The predicted octanol–water partition coefficient (Wildman–Crippen LogP) is 0.937. The number of benzene rings is 1. The molecule has 1 aliphatic carbocycles. The van der Waals surface area contributed by atoms with E-state index in [0.29, 0.717) is 6.42 Å². The minimum absolute atomic E-state index is 0.0816. The summed E-state index contributed by atoms with van der Waals surface area (Å²) in [7, 11) is 0. The molecule has 3 nitrogen and oxygen atoms in total. The molecule has 15 heavy (non-hydrogen) atoms. The van der Waals surface area contributed by atoms with Crippen molar-refractivity contribution in [3.63, 3.8) is 0 Å². The van der Waals surface area contributed by atoms with Gasteiger partial charge in [-0.2, -0.15) is 0 Å². The van der Waals surface area contributed by atoms with Crippen molar-refractivity contribution >= 4 is 5.97 Å². The van der Waals surface area contributed by atoms with Crippen molar-refractivity contribution in [1.82, 2.24) is 0 Å². The van der Waals surface area contributed by atoms with E-state index in [1.165, 1.54) is 0 Å². The molecule has 0 aliphatic heterocycles. The highest BCUT2D eigenvalue weighted by atomic mass is 16.4. The van der Waals surface area contributed by atoms with Gasteiger partial charge in [-0.15, -0.1) is 6.42 Å². The SMILES string of the molecule is C#Cc1ccc([C@H]2C[C@]2(N)C(=O)O)cc1. The van der Waals surface area contributed by atoms with Gasteiger partial charge in [0.15, 0.2) is 0 Å². The minimum Gasteiger partial charge on any atom is -0.480 e. The van der Waals surface area contributed by atoms with E-state index in [-0.39, 0.29) is 5.92 Å². The van der Waals surface area contributed by atoms with Crippen LogP contribution in [-0.4, -0.2) is 16.6 Å². The molecule has 0 bridgehead atoms. The van der Waals surface area contributed by atoms with Crippen LogP contribution in [0.2, 0.25) is 0 Å². The highest BCUT2D eigenvalue weighted by Gasteiger charge is 2.58. The summed E-state index contributed by atoms with van der Waals surface area (Å²) in [5.41, 5.74) is 6.36. The number of carboxylic acids is 1. The molecule has 0 unspecified atom stereocenters. The first kappa shape index (κ1) is 9.75. The maximum Gasteiger partial charge on any atom is 0.324 e. The molecule has 0 saturated heterocycles. The van der Waals surface area contributed by atoms with Crippen LogP contribution in [0.5, 0.6) is 0 Å². The molecule has 3 heteroatoms. The van der Waals surface area contributed by atoms with Gasteiger partial charge in [-0.3, -0.25) is 4.79 Å². The maximum atomic E-state index is 10.8. The number of carbonyl (C=O) groups is 1. The van der Waals surface area contributed by atoms with Crippen LogP contribution in [0.3, 0.4) is 0 Å². The second-order valence-corrected chi connectivity index (χ2v) is 3.87. The fourth-order valence-corrected chi connectivity index (χ4v) is 1.74. The quantitative estimate of drug-likeness (QED) is 0.700. The molecule has 2 atom stereocenters. The minimum atomic E-state index is -1.07. The van der Waals surface area contributed by atoms with Gasteiger partial charge in [-0.1, -0.05) is 18.1 Å².